The van der Waals surface area contributed by atoms with Gasteiger partial charge in [0.2, 0.25) is 5.91 Å². The standard InChI is InChI=1S/C23H22N2O2/c1-16(13-14-17-7-3-2-4-8-17)24-21(26)15-25-20-12-6-10-18-9-5-11-19(22(18)20)23(25)27/h2-12,16H,13-15H2,1H3,(H,24,26)/t16-/m1/s1. The van der Waals surface area contributed by atoms with Crippen LogP contribution in [0.1, 0.15) is 29.3 Å². The molecule has 1 aliphatic heterocycles. The predicted molar refractivity (Wildman–Crippen MR) is 108 cm³/mol. The molecule has 4 rings (SSSR count). The number of benzene rings is 3. The molecule has 136 valence electrons. The van der Waals surface area contributed by atoms with Crippen molar-refractivity contribution in [3.8, 4) is 0 Å². The molecule has 1 N–H and O–H groups in total. The van der Waals surface area contributed by atoms with Gasteiger partial charge < -0.3 is 5.32 Å². The monoisotopic (exact) mass is 358 g/mol. The molecule has 4 heteroatoms. The molecular formula is C23H22N2O2. The van der Waals surface area contributed by atoms with Crippen LogP contribution in [0.3, 0.4) is 0 Å². The minimum atomic E-state index is -0.131. The first-order valence-corrected chi connectivity index (χ1v) is 9.30. The lowest BCUT2D eigenvalue weighted by Crippen LogP contribution is -2.42. The molecule has 3 aromatic carbocycles. The van der Waals surface area contributed by atoms with Gasteiger partial charge in [-0.05, 0) is 42.8 Å². The van der Waals surface area contributed by atoms with Crippen molar-refractivity contribution in [1.29, 1.82) is 0 Å². The van der Waals surface area contributed by atoms with Crippen LogP contribution in [0.25, 0.3) is 10.8 Å². The van der Waals surface area contributed by atoms with Crippen LogP contribution < -0.4 is 10.2 Å². The fourth-order valence-electron chi connectivity index (χ4n) is 3.70. The number of nitrogens with one attached hydrogen (secondary N) is 1. The van der Waals surface area contributed by atoms with Crippen molar-refractivity contribution in [1.82, 2.24) is 5.32 Å². The molecule has 0 unspecified atom stereocenters. The average molecular weight is 358 g/mol. The maximum Gasteiger partial charge on any atom is 0.259 e. The molecule has 0 saturated heterocycles. The van der Waals surface area contributed by atoms with Crippen molar-refractivity contribution in [2.24, 2.45) is 0 Å². The van der Waals surface area contributed by atoms with Crippen molar-refractivity contribution in [3.63, 3.8) is 0 Å². The van der Waals surface area contributed by atoms with Crippen LogP contribution in [0.15, 0.2) is 66.7 Å². The summed E-state index contributed by atoms with van der Waals surface area (Å²) in [6.45, 7) is 2.05. The van der Waals surface area contributed by atoms with Crippen LogP contribution >= 0.6 is 0 Å². The molecule has 4 nitrogen and oxygen atoms in total. The second-order valence-electron chi connectivity index (χ2n) is 7.06. The summed E-state index contributed by atoms with van der Waals surface area (Å²) in [4.78, 5) is 26.9. The molecule has 0 radical (unpaired) electrons. The zero-order chi connectivity index (χ0) is 18.8. The summed E-state index contributed by atoms with van der Waals surface area (Å²) in [6.07, 6.45) is 1.77. The molecule has 1 heterocycles. The maximum atomic E-state index is 12.8. The molecule has 1 atom stereocenters. The molecule has 0 bridgehead atoms. The molecule has 1 aliphatic rings. The maximum absolute atomic E-state index is 12.8. The van der Waals surface area contributed by atoms with Gasteiger partial charge in [0, 0.05) is 17.0 Å². The molecule has 0 aliphatic carbocycles. The summed E-state index contributed by atoms with van der Waals surface area (Å²) in [5.41, 5.74) is 2.75. The molecule has 3 aromatic rings. The Balaban J connectivity index is 1.40. The smallest absolute Gasteiger partial charge is 0.259 e. The van der Waals surface area contributed by atoms with Gasteiger partial charge in [0.15, 0.2) is 0 Å². The Bertz CT molecular complexity index is 992. The Morgan fingerprint density at radius 1 is 1.00 bits per heavy atom. The SMILES string of the molecule is C[C@H](CCc1ccccc1)NC(=O)CN1C(=O)c2cccc3cccc1c23. The first-order chi connectivity index (χ1) is 13.1. The second kappa shape index (κ2) is 7.23. The Kier molecular flexibility index (Phi) is 4.63. The molecular weight excluding hydrogens is 336 g/mol. The Labute approximate surface area is 158 Å². The third kappa shape index (κ3) is 3.43. The Hall–Kier alpha value is -3.14. The summed E-state index contributed by atoms with van der Waals surface area (Å²) in [5.74, 6) is -0.234. The van der Waals surface area contributed by atoms with Gasteiger partial charge in [0.05, 0.1) is 5.69 Å². The van der Waals surface area contributed by atoms with E-state index in [1.807, 2.05) is 61.5 Å². The van der Waals surface area contributed by atoms with E-state index < -0.39 is 0 Å². The van der Waals surface area contributed by atoms with Gasteiger partial charge in [-0.2, -0.15) is 0 Å². The summed E-state index contributed by atoms with van der Waals surface area (Å²) in [7, 11) is 0. The van der Waals surface area contributed by atoms with Gasteiger partial charge in [-0.3, -0.25) is 14.5 Å². The normalized spacial score (nSPS) is 13.8. The van der Waals surface area contributed by atoms with Crippen LogP contribution in [-0.4, -0.2) is 24.4 Å². The highest BCUT2D eigenvalue weighted by Crippen LogP contribution is 2.36. The lowest BCUT2D eigenvalue weighted by molar-refractivity contribution is -0.120. The summed E-state index contributed by atoms with van der Waals surface area (Å²) in [5, 5.41) is 4.99. The average Bonchev–Trinajstić information content (AvgIpc) is 2.95. The summed E-state index contributed by atoms with van der Waals surface area (Å²) < 4.78 is 0. The first kappa shape index (κ1) is 17.3. The van der Waals surface area contributed by atoms with E-state index in [4.69, 9.17) is 0 Å². The van der Waals surface area contributed by atoms with Gasteiger partial charge in [-0.15, -0.1) is 0 Å². The number of aryl methyl sites for hydroxylation is 1. The van der Waals surface area contributed by atoms with Crippen molar-refractivity contribution in [2.45, 2.75) is 25.8 Å². The van der Waals surface area contributed by atoms with E-state index in [1.54, 1.807) is 4.90 Å². The van der Waals surface area contributed by atoms with E-state index in [1.165, 1.54) is 5.56 Å². The number of hydrogen-bond acceptors (Lipinski definition) is 2. The van der Waals surface area contributed by atoms with Gasteiger partial charge >= 0.3 is 0 Å². The third-order valence-corrected chi connectivity index (χ3v) is 5.07. The second-order valence-corrected chi connectivity index (χ2v) is 7.06. The molecule has 0 aromatic heterocycles. The number of carbonyl (C=O) groups excluding carboxylic acids is 2. The number of anilines is 1. The van der Waals surface area contributed by atoms with E-state index >= 15 is 0 Å². The number of carbonyl (C=O) groups is 2. The first-order valence-electron chi connectivity index (χ1n) is 9.30. The fourth-order valence-corrected chi connectivity index (χ4v) is 3.70. The summed E-state index contributed by atoms with van der Waals surface area (Å²) >= 11 is 0. The lowest BCUT2D eigenvalue weighted by Gasteiger charge is -2.20. The van der Waals surface area contributed by atoms with Crippen molar-refractivity contribution in [3.05, 3.63) is 77.9 Å². The van der Waals surface area contributed by atoms with Gasteiger partial charge in [0.25, 0.3) is 5.91 Å². The van der Waals surface area contributed by atoms with Crippen molar-refractivity contribution in [2.75, 3.05) is 11.4 Å². The minimum Gasteiger partial charge on any atom is -0.352 e. The fraction of sp³-hybridized carbons (Fsp3) is 0.217. The van der Waals surface area contributed by atoms with E-state index in [-0.39, 0.29) is 24.4 Å². The highest BCUT2D eigenvalue weighted by Gasteiger charge is 2.30. The van der Waals surface area contributed by atoms with Gasteiger partial charge in [-0.1, -0.05) is 54.6 Å². The minimum absolute atomic E-state index is 0.0440. The molecule has 0 fully saturated rings. The van der Waals surface area contributed by atoms with Crippen molar-refractivity contribution >= 4 is 28.3 Å². The lowest BCUT2D eigenvalue weighted by atomic mass is 10.1. The topological polar surface area (TPSA) is 49.4 Å². The highest BCUT2D eigenvalue weighted by atomic mass is 16.2. The quantitative estimate of drug-likeness (QED) is 0.726. The molecule has 27 heavy (non-hydrogen) atoms. The third-order valence-electron chi connectivity index (χ3n) is 5.07. The Morgan fingerprint density at radius 2 is 1.74 bits per heavy atom. The van der Waals surface area contributed by atoms with Gasteiger partial charge in [0.1, 0.15) is 6.54 Å². The van der Waals surface area contributed by atoms with E-state index in [2.05, 4.69) is 17.4 Å². The largest absolute Gasteiger partial charge is 0.352 e. The van der Waals surface area contributed by atoms with Crippen LogP contribution in [0.5, 0.6) is 0 Å². The number of nitrogens with zero attached hydrogens (tertiary/aromatic N) is 1. The number of amides is 2. The predicted octanol–water partition coefficient (Wildman–Crippen LogP) is 3.94. The number of rotatable bonds is 6. The zero-order valence-electron chi connectivity index (χ0n) is 15.3. The molecule has 0 spiro atoms. The molecule has 0 saturated carbocycles. The van der Waals surface area contributed by atoms with Crippen LogP contribution in [0, 0.1) is 0 Å². The van der Waals surface area contributed by atoms with E-state index in [9.17, 15) is 9.59 Å². The molecule has 2 amide bonds. The van der Waals surface area contributed by atoms with Crippen LogP contribution in [-0.2, 0) is 11.2 Å². The van der Waals surface area contributed by atoms with E-state index in [0.29, 0.717) is 5.56 Å². The van der Waals surface area contributed by atoms with Gasteiger partial charge in [-0.25, -0.2) is 0 Å². The zero-order valence-corrected chi connectivity index (χ0v) is 15.3. The summed E-state index contributed by atoms with van der Waals surface area (Å²) in [6, 6.07) is 21.8. The highest BCUT2D eigenvalue weighted by molar-refractivity contribution is 6.26. The van der Waals surface area contributed by atoms with E-state index in [0.717, 1.165) is 29.3 Å². The number of hydrogen-bond donors (Lipinski definition) is 1. The van der Waals surface area contributed by atoms with Crippen LogP contribution in [0.2, 0.25) is 0 Å². The Morgan fingerprint density at radius 3 is 2.52 bits per heavy atom. The van der Waals surface area contributed by atoms with Crippen molar-refractivity contribution < 1.29 is 9.59 Å². The van der Waals surface area contributed by atoms with Crippen LogP contribution in [0.4, 0.5) is 5.69 Å².